The van der Waals surface area contributed by atoms with E-state index in [-0.39, 0.29) is 30.4 Å². The monoisotopic (exact) mass is 372 g/mol. The number of aliphatic hydroxyl groups excluding tert-OH is 1. The molecule has 0 spiro atoms. The number of amides is 3. The second kappa shape index (κ2) is 6.70. The molecule has 3 aliphatic rings. The van der Waals surface area contributed by atoms with E-state index >= 15 is 0 Å². The Morgan fingerprint density at radius 2 is 2.07 bits per heavy atom. The molecule has 1 atom stereocenters. The van der Waals surface area contributed by atoms with Gasteiger partial charge < -0.3 is 15.3 Å². The molecular weight excluding hydrogens is 348 g/mol. The van der Waals surface area contributed by atoms with Gasteiger partial charge in [0.1, 0.15) is 6.04 Å². The van der Waals surface area contributed by atoms with Crippen LogP contribution in [-0.2, 0) is 22.7 Å². The molecule has 1 aromatic carbocycles. The summed E-state index contributed by atoms with van der Waals surface area (Å²) in [6.07, 6.45) is 0.608. The number of fused-ring (bicyclic) bond motifs is 1. The number of carbonyl (C=O) groups is 3. The van der Waals surface area contributed by atoms with Gasteiger partial charge in [0, 0.05) is 38.2 Å². The normalized spacial score (nSPS) is 24.0. The van der Waals surface area contributed by atoms with Gasteiger partial charge in [0.15, 0.2) is 0 Å². The van der Waals surface area contributed by atoms with Crippen LogP contribution in [0.3, 0.4) is 0 Å². The number of benzene rings is 1. The number of imide groups is 1. The number of aliphatic hydroxyl groups is 1. The first-order chi connectivity index (χ1) is 12.9. The Hall–Kier alpha value is -2.29. The van der Waals surface area contributed by atoms with Crippen LogP contribution in [0.2, 0.25) is 0 Å². The summed E-state index contributed by atoms with van der Waals surface area (Å²) >= 11 is 0. The van der Waals surface area contributed by atoms with Crippen LogP contribution in [-0.4, -0.2) is 71.0 Å². The van der Waals surface area contributed by atoms with E-state index in [4.69, 9.17) is 0 Å². The molecule has 4 rings (SSSR count). The number of rotatable bonds is 5. The maximum atomic E-state index is 12.9. The van der Waals surface area contributed by atoms with Gasteiger partial charge in [-0.15, -0.1) is 0 Å². The fourth-order valence-corrected chi connectivity index (χ4v) is 4.14. The van der Waals surface area contributed by atoms with Gasteiger partial charge in [-0.2, -0.15) is 0 Å². The molecule has 1 aromatic rings. The van der Waals surface area contributed by atoms with Crippen molar-refractivity contribution in [2.45, 2.75) is 37.5 Å². The molecule has 0 saturated carbocycles. The van der Waals surface area contributed by atoms with Crippen molar-refractivity contribution in [1.29, 1.82) is 0 Å². The van der Waals surface area contributed by atoms with E-state index in [1.165, 1.54) is 0 Å². The molecule has 8 nitrogen and oxygen atoms in total. The molecule has 144 valence electrons. The van der Waals surface area contributed by atoms with E-state index in [1.54, 1.807) is 11.0 Å². The maximum absolute atomic E-state index is 12.9. The van der Waals surface area contributed by atoms with Crippen molar-refractivity contribution in [2.24, 2.45) is 0 Å². The van der Waals surface area contributed by atoms with Crippen LogP contribution >= 0.6 is 0 Å². The molecule has 3 N–H and O–H groups in total. The number of carbonyl (C=O) groups excluding carboxylic acids is 3. The minimum atomic E-state index is -0.604. The Bertz CT molecular complexity index is 799. The lowest BCUT2D eigenvalue weighted by Crippen LogP contribution is -2.69. The van der Waals surface area contributed by atoms with Gasteiger partial charge in [0.25, 0.3) is 5.91 Å². The van der Waals surface area contributed by atoms with Gasteiger partial charge in [0.2, 0.25) is 11.8 Å². The Morgan fingerprint density at radius 3 is 2.70 bits per heavy atom. The largest absolute Gasteiger partial charge is 0.394 e. The van der Waals surface area contributed by atoms with Crippen LogP contribution < -0.4 is 10.6 Å². The van der Waals surface area contributed by atoms with Crippen molar-refractivity contribution in [3.63, 3.8) is 0 Å². The maximum Gasteiger partial charge on any atom is 0.255 e. The Morgan fingerprint density at radius 1 is 1.30 bits per heavy atom. The van der Waals surface area contributed by atoms with Gasteiger partial charge in [0.05, 0.1) is 12.1 Å². The van der Waals surface area contributed by atoms with Crippen LogP contribution in [0, 0.1) is 0 Å². The smallest absolute Gasteiger partial charge is 0.255 e. The third-order valence-corrected chi connectivity index (χ3v) is 6.10. The summed E-state index contributed by atoms with van der Waals surface area (Å²) in [6, 6.07) is 5.04. The first-order valence-electron chi connectivity index (χ1n) is 9.23. The summed E-state index contributed by atoms with van der Waals surface area (Å²) in [5, 5.41) is 15.3. The number of nitrogens with one attached hydrogen (secondary N) is 2. The van der Waals surface area contributed by atoms with Gasteiger partial charge in [-0.3, -0.25) is 24.6 Å². The van der Waals surface area contributed by atoms with Crippen molar-refractivity contribution in [2.75, 3.05) is 26.7 Å². The Kier molecular flexibility index (Phi) is 4.49. The minimum Gasteiger partial charge on any atom is -0.394 e. The number of hydrogen-bond acceptors (Lipinski definition) is 6. The highest BCUT2D eigenvalue weighted by atomic mass is 16.3. The standard InChI is InChI=1S/C19H24N4O4/c1-22(19(11-24)9-20-10-19)7-12-3-2-4-13-14(12)8-23(18(13)27)15-5-6-16(25)21-17(15)26/h2-4,15,20,24H,5-11H2,1H3,(H,21,25,26). The summed E-state index contributed by atoms with van der Waals surface area (Å²) in [5.74, 6) is -0.844. The third-order valence-electron chi connectivity index (χ3n) is 6.10. The number of likely N-dealkylation sites (N-methyl/N-ethyl adjacent to an activating group) is 1. The summed E-state index contributed by atoms with van der Waals surface area (Å²) < 4.78 is 0. The molecule has 2 fully saturated rings. The van der Waals surface area contributed by atoms with E-state index in [1.807, 2.05) is 19.2 Å². The third kappa shape index (κ3) is 2.93. The second-order valence-electron chi connectivity index (χ2n) is 7.69. The molecule has 3 amide bonds. The average Bonchev–Trinajstić information content (AvgIpc) is 2.93. The molecule has 27 heavy (non-hydrogen) atoms. The molecular formula is C19H24N4O4. The van der Waals surface area contributed by atoms with Crippen molar-refractivity contribution in [1.82, 2.24) is 20.4 Å². The van der Waals surface area contributed by atoms with Crippen LogP contribution in [0.1, 0.15) is 34.3 Å². The fourth-order valence-electron chi connectivity index (χ4n) is 4.14. The fraction of sp³-hybridized carbons (Fsp3) is 0.526. The first-order valence-corrected chi connectivity index (χ1v) is 9.23. The number of nitrogens with zero attached hydrogens (tertiary/aromatic N) is 2. The summed E-state index contributed by atoms with van der Waals surface area (Å²) in [6.45, 7) is 2.52. The molecule has 0 aliphatic carbocycles. The zero-order valence-electron chi connectivity index (χ0n) is 15.3. The Labute approximate surface area is 157 Å². The van der Waals surface area contributed by atoms with Crippen LogP contribution in [0.15, 0.2) is 18.2 Å². The van der Waals surface area contributed by atoms with Gasteiger partial charge >= 0.3 is 0 Å². The van der Waals surface area contributed by atoms with Crippen LogP contribution in [0.5, 0.6) is 0 Å². The van der Waals surface area contributed by atoms with E-state index in [0.717, 1.165) is 24.2 Å². The van der Waals surface area contributed by atoms with Crippen molar-refractivity contribution >= 4 is 17.7 Å². The molecule has 3 aliphatic heterocycles. The predicted molar refractivity (Wildman–Crippen MR) is 96.6 cm³/mol. The topological polar surface area (TPSA) is 102 Å². The molecule has 0 bridgehead atoms. The molecule has 3 heterocycles. The minimum absolute atomic E-state index is 0.0762. The van der Waals surface area contributed by atoms with E-state index in [2.05, 4.69) is 15.5 Å². The van der Waals surface area contributed by atoms with E-state index < -0.39 is 11.9 Å². The SMILES string of the molecule is CN(Cc1cccc2c1CN(C1CCC(=O)NC1=O)C2=O)C1(CO)CNC1. The number of piperidine rings is 1. The lowest BCUT2D eigenvalue weighted by Gasteiger charge is -2.48. The highest BCUT2D eigenvalue weighted by Gasteiger charge is 2.42. The average molecular weight is 372 g/mol. The quantitative estimate of drug-likeness (QED) is 0.586. The van der Waals surface area contributed by atoms with Crippen LogP contribution in [0.25, 0.3) is 0 Å². The van der Waals surface area contributed by atoms with E-state index in [0.29, 0.717) is 25.1 Å². The van der Waals surface area contributed by atoms with Crippen molar-refractivity contribution in [3.05, 3.63) is 34.9 Å². The highest BCUT2D eigenvalue weighted by molar-refractivity contribution is 6.05. The van der Waals surface area contributed by atoms with Gasteiger partial charge in [-0.1, -0.05) is 12.1 Å². The Balaban J connectivity index is 1.56. The zero-order valence-corrected chi connectivity index (χ0v) is 15.3. The second-order valence-corrected chi connectivity index (χ2v) is 7.69. The van der Waals surface area contributed by atoms with Gasteiger partial charge in [-0.25, -0.2) is 0 Å². The van der Waals surface area contributed by atoms with Crippen molar-refractivity contribution < 1.29 is 19.5 Å². The summed E-state index contributed by atoms with van der Waals surface area (Å²) in [7, 11) is 1.98. The molecule has 1 unspecified atom stereocenters. The first kappa shape index (κ1) is 18.1. The molecule has 0 aromatic heterocycles. The highest BCUT2D eigenvalue weighted by Crippen LogP contribution is 2.31. The van der Waals surface area contributed by atoms with E-state index in [9.17, 15) is 19.5 Å². The van der Waals surface area contributed by atoms with Crippen molar-refractivity contribution in [3.8, 4) is 0 Å². The molecule has 2 saturated heterocycles. The summed E-state index contributed by atoms with van der Waals surface area (Å²) in [4.78, 5) is 40.2. The summed E-state index contributed by atoms with van der Waals surface area (Å²) in [5.41, 5.74) is 2.31. The lowest BCUT2D eigenvalue weighted by molar-refractivity contribution is -0.136. The van der Waals surface area contributed by atoms with Gasteiger partial charge in [-0.05, 0) is 30.7 Å². The lowest BCUT2D eigenvalue weighted by atomic mass is 9.90. The molecule has 0 radical (unpaired) electrons. The zero-order chi connectivity index (χ0) is 19.2. The number of hydrogen-bond donors (Lipinski definition) is 3. The van der Waals surface area contributed by atoms with Crippen LogP contribution in [0.4, 0.5) is 0 Å². The molecule has 8 heteroatoms. The predicted octanol–water partition coefficient (Wildman–Crippen LogP) is -0.786.